The van der Waals surface area contributed by atoms with E-state index in [0.717, 1.165) is 46.8 Å². The first-order chi connectivity index (χ1) is 14.1. The minimum Gasteiger partial charge on any atom is -0.493 e. The van der Waals surface area contributed by atoms with Gasteiger partial charge in [0.1, 0.15) is 17.2 Å². The number of aromatic nitrogens is 1. The van der Waals surface area contributed by atoms with Crippen LogP contribution in [0, 0.1) is 6.92 Å². The normalized spacial score (nSPS) is 15.3. The summed E-state index contributed by atoms with van der Waals surface area (Å²) in [5.41, 5.74) is 3.32. The summed E-state index contributed by atoms with van der Waals surface area (Å²) < 4.78 is 11.9. The van der Waals surface area contributed by atoms with Crippen LogP contribution in [0.2, 0.25) is 0 Å². The molecule has 4 rings (SSSR count). The van der Waals surface area contributed by atoms with Gasteiger partial charge in [-0.05, 0) is 67.0 Å². The van der Waals surface area contributed by atoms with Crippen LogP contribution < -0.4 is 9.47 Å². The highest BCUT2D eigenvalue weighted by atomic mass is 16.5. The summed E-state index contributed by atoms with van der Waals surface area (Å²) in [4.78, 5) is 15.5. The second kappa shape index (κ2) is 8.35. The van der Waals surface area contributed by atoms with Crippen LogP contribution in [0.4, 0.5) is 0 Å². The lowest BCUT2D eigenvalue weighted by atomic mass is 9.87. The molecule has 0 aliphatic carbocycles. The van der Waals surface area contributed by atoms with E-state index in [1.54, 1.807) is 12.3 Å². The Balaban J connectivity index is 1.50. The van der Waals surface area contributed by atoms with Gasteiger partial charge in [0.2, 0.25) is 0 Å². The Morgan fingerprint density at radius 1 is 1.24 bits per heavy atom. The summed E-state index contributed by atoms with van der Waals surface area (Å²) >= 11 is 0. The van der Waals surface area contributed by atoms with Gasteiger partial charge in [-0.3, -0.25) is 4.98 Å². The zero-order chi connectivity index (χ0) is 20.2. The van der Waals surface area contributed by atoms with Crippen molar-refractivity contribution in [3.05, 3.63) is 83.2 Å². The van der Waals surface area contributed by atoms with Gasteiger partial charge in [0.25, 0.3) is 0 Å². The Bertz CT molecular complexity index is 1030. The van der Waals surface area contributed by atoms with Crippen molar-refractivity contribution in [3.8, 4) is 17.2 Å². The van der Waals surface area contributed by atoms with E-state index in [9.17, 15) is 9.90 Å². The minimum atomic E-state index is -0.909. The SMILES string of the molecule is Cc1ccccc1Oc1ccc2c(c1)OCC[C@@H]2CCc1cnccc1C(=O)O. The number of carbonyl (C=O) groups is 1. The quantitative estimate of drug-likeness (QED) is 0.613. The van der Waals surface area contributed by atoms with Crippen molar-refractivity contribution >= 4 is 5.97 Å². The van der Waals surface area contributed by atoms with Crippen LogP contribution in [0.5, 0.6) is 17.2 Å². The topological polar surface area (TPSA) is 68.7 Å². The summed E-state index contributed by atoms with van der Waals surface area (Å²) in [6.07, 6.45) is 5.60. The Morgan fingerprint density at radius 3 is 2.93 bits per heavy atom. The number of aromatic carboxylic acids is 1. The van der Waals surface area contributed by atoms with Gasteiger partial charge in [0, 0.05) is 18.5 Å². The molecule has 0 spiro atoms. The maximum Gasteiger partial charge on any atom is 0.336 e. The second-order valence-electron chi connectivity index (χ2n) is 7.28. The molecule has 0 bridgehead atoms. The lowest BCUT2D eigenvalue weighted by Gasteiger charge is -2.26. The predicted octanol–water partition coefficient (Wildman–Crippen LogP) is 5.38. The molecule has 0 radical (unpaired) electrons. The molecule has 5 nitrogen and oxygen atoms in total. The van der Waals surface area contributed by atoms with Crippen molar-refractivity contribution in [2.24, 2.45) is 0 Å². The number of para-hydroxylation sites is 1. The number of rotatable bonds is 6. The zero-order valence-electron chi connectivity index (χ0n) is 16.3. The third-order valence-corrected chi connectivity index (χ3v) is 5.37. The van der Waals surface area contributed by atoms with E-state index in [-0.39, 0.29) is 0 Å². The highest BCUT2D eigenvalue weighted by molar-refractivity contribution is 5.89. The third-order valence-electron chi connectivity index (χ3n) is 5.37. The van der Waals surface area contributed by atoms with E-state index < -0.39 is 5.97 Å². The van der Waals surface area contributed by atoms with Crippen LogP contribution in [0.25, 0.3) is 0 Å². The van der Waals surface area contributed by atoms with Crippen LogP contribution in [0.15, 0.2) is 60.9 Å². The summed E-state index contributed by atoms with van der Waals surface area (Å²) in [6.45, 7) is 2.66. The first kappa shape index (κ1) is 19.0. The smallest absolute Gasteiger partial charge is 0.336 e. The number of ether oxygens (including phenoxy) is 2. The molecule has 148 valence electrons. The van der Waals surface area contributed by atoms with E-state index in [2.05, 4.69) is 11.1 Å². The fraction of sp³-hybridized carbons (Fsp3) is 0.250. The number of pyridine rings is 1. The number of nitrogens with zero attached hydrogens (tertiary/aromatic N) is 1. The van der Waals surface area contributed by atoms with E-state index in [4.69, 9.17) is 9.47 Å². The molecule has 5 heteroatoms. The number of carboxylic acids is 1. The van der Waals surface area contributed by atoms with E-state index in [1.165, 1.54) is 6.20 Å². The van der Waals surface area contributed by atoms with Gasteiger partial charge in [-0.2, -0.15) is 0 Å². The molecule has 1 aromatic heterocycles. The first-order valence-electron chi connectivity index (χ1n) is 9.78. The van der Waals surface area contributed by atoms with Gasteiger partial charge in [0.15, 0.2) is 0 Å². The maximum atomic E-state index is 11.4. The van der Waals surface area contributed by atoms with Crippen LogP contribution in [-0.4, -0.2) is 22.7 Å². The van der Waals surface area contributed by atoms with Crippen LogP contribution in [0.3, 0.4) is 0 Å². The number of aryl methyl sites for hydroxylation is 2. The molecule has 1 N–H and O–H groups in total. The van der Waals surface area contributed by atoms with Gasteiger partial charge in [-0.15, -0.1) is 0 Å². The largest absolute Gasteiger partial charge is 0.493 e. The minimum absolute atomic E-state index is 0.313. The Labute approximate surface area is 169 Å². The molecule has 2 heterocycles. The molecule has 0 unspecified atom stereocenters. The molecule has 1 atom stereocenters. The molecule has 0 saturated heterocycles. The molecule has 0 fully saturated rings. The molecular formula is C24H23NO4. The fourth-order valence-corrected chi connectivity index (χ4v) is 3.77. The molecule has 0 saturated carbocycles. The standard InChI is InChI=1S/C24H23NO4/c1-16-4-2-3-5-22(16)29-19-8-9-20-17(11-13-28-23(20)14-19)6-7-18-15-25-12-10-21(18)24(26)27/h2-5,8-10,12,14-15,17H,6-7,11,13H2,1H3,(H,26,27)/t17-/m0/s1. The van der Waals surface area contributed by atoms with E-state index in [0.29, 0.717) is 24.5 Å². The number of carboxylic acid groups (broad SMARTS) is 1. The highest BCUT2D eigenvalue weighted by Gasteiger charge is 2.23. The number of hydrogen-bond acceptors (Lipinski definition) is 4. The summed E-state index contributed by atoms with van der Waals surface area (Å²) in [7, 11) is 0. The zero-order valence-corrected chi connectivity index (χ0v) is 16.3. The van der Waals surface area contributed by atoms with E-state index in [1.807, 2.05) is 43.3 Å². The molecule has 29 heavy (non-hydrogen) atoms. The number of fused-ring (bicyclic) bond motifs is 1. The Hall–Kier alpha value is -3.34. The second-order valence-corrected chi connectivity index (χ2v) is 7.28. The van der Waals surface area contributed by atoms with Crippen molar-refractivity contribution < 1.29 is 19.4 Å². The van der Waals surface area contributed by atoms with Crippen LogP contribution >= 0.6 is 0 Å². The predicted molar refractivity (Wildman–Crippen MR) is 110 cm³/mol. The van der Waals surface area contributed by atoms with Crippen molar-refractivity contribution in [1.29, 1.82) is 0 Å². The molecule has 3 aromatic rings. The molecule has 1 aliphatic rings. The van der Waals surface area contributed by atoms with Crippen molar-refractivity contribution in [1.82, 2.24) is 4.98 Å². The molecule has 2 aromatic carbocycles. The summed E-state index contributed by atoms with van der Waals surface area (Å²) in [5.74, 6) is 1.83. The first-order valence-corrected chi connectivity index (χ1v) is 9.78. The monoisotopic (exact) mass is 389 g/mol. The molecule has 1 aliphatic heterocycles. The molecular weight excluding hydrogens is 366 g/mol. The van der Waals surface area contributed by atoms with E-state index >= 15 is 0 Å². The number of hydrogen-bond donors (Lipinski definition) is 1. The van der Waals surface area contributed by atoms with Crippen LogP contribution in [-0.2, 0) is 6.42 Å². The summed E-state index contributed by atoms with van der Waals surface area (Å²) in [6, 6.07) is 15.5. The van der Waals surface area contributed by atoms with Gasteiger partial charge in [0.05, 0.1) is 12.2 Å². The van der Waals surface area contributed by atoms with Gasteiger partial charge < -0.3 is 14.6 Å². The van der Waals surface area contributed by atoms with Gasteiger partial charge >= 0.3 is 5.97 Å². The van der Waals surface area contributed by atoms with Crippen LogP contribution in [0.1, 0.15) is 45.8 Å². The average Bonchev–Trinajstić information content (AvgIpc) is 2.74. The van der Waals surface area contributed by atoms with Crippen molar-refractivity contribution in [2.45, 2.75) is 32.1 Å². The highest BCUT2D eigenvalue weighted by Crippen LogP contribution is 2.39. The lowest BCUT2D eigenvalue weighted by molar-refractivity contribution is 0.0695. The average molecular weight is 389 g/mol. The third kappa shape index (κ3) is 4.24. The summed E-state index contributed by atoms with van der Waals surface area (Å²) in [5, 5.41) is 9.37. The Kier molecular flexibility index (Phi) is 5.47. The van der Waals surface area contributed by atoms with Gasteiger partial charge in [-0.1, -0.05) is 24.3 Å². The maximum absolute atomic E-state index is 11.4. The molecule has 0 amide bonds. The van der Waals surface area contributed by atoms with Crippen molar-refractivity contribution in [3.63, 3.8) is 0 Å². The number of benzene rings is 2. The lowest BCUT2D eigenvalue weighted by Crippen LogP contribution is -2.15. The fourth-order valence-electron chi connectivity index (χ4n) is 3.77. The Morgan fingerprint density at radius 2 is 2.10 bits per heavy atom. The van der Waals surface area contributed by atoms with Gasteiger partial charge in [-0.25, -0.2) is 4.79 Å². The van der Waals surface area contributed by atoms with Crippen molar-refractivity contribution in [2.75, 3.05) is 6.61 Å².